The van der Waals surface area contributed by atoms with E-state index in [-0.39, 0.29) is 0 Å². The summed E-state index contributed by atoms with van der Waals surface area (Å²) in [4.78, 5) is 13.8. The Kier molecular flexibility index (Phi) is 4.02. The number of aromatic nitrogens is 6. The van der Waals surface area contributed by atoms with Crippen LogP contribution in [0.25, 0.3) is 16.7 Å². The highest BCUT2D eigenvalue weighted by Gasteiger charge is 2.37. The van der Waals surface area contributed by atoms with Gasteiger partial charge in [0.25, 0.3) is 0 Å². The van der Waals surface area contributed by atoms with Crippen LogP contribution >= 0.6 is 0 Å². The number of hydrogen-bond acceptors (Lipinski definition) is 6. The van der Waals surface area contributed by atoms with E-state index in [4.69, 9.17) is 14.8 Å². The molecule has 1 saturated heterocycles. The molecule has 30 heavy (non-hydrogen) atoms. The van der Waals surface area contributed by atoms with Crippen molar-refractivity contribution in [2.75, 3.05) is 11.9 Å². The van der Waals surface area contributed by atoms with Gasteiger partial charge in [0.1, 0.15) is 5.65 Å². The van der Waals surface area contributed by atoms with Crippen molar-refractivity contribution in [3.63, 3.8) is 0 Å². The predicted molar refractivity (Wildman–Crippen MR) is 114 cm³/mol. The first-order valence-electron chi connectivity index (χ1n) is 10.7. The summed E-state index contributed by atoms with van der Waals surface area (Å²) in [5, 5.41) is 9.24. The van der Waals surface area contributed by atoms with Gasteiger partial charge >= 0.3 is 0 Å². The summed E-state index contributed by atoms with van der Waals surface area (Å²) >= 11 is 0. The molecular weight excluding hydrogens is 378 g/mol. The highest BCUT2D eigenvalue weighted by molar-refractivity contribution is 5.79. The Hall–Kier alpha value is -3.00. The van der Waals surface area contributed by atoms with Crippen LogP contribution in [0.2, 0.25) is 0 Å². The Labute approximate surface area is 174 Å². The summed E-state index contributed by atoms with van der Waals surface area (Å²) in [5.41, 5.74) is 4.85. The van der Waals surface area contributed by atoms with Gasteiger partial charge in [0.15, 0.2) is 5.65 Å². The van der Waals surface area contributed by atoms with Crippen molar-refractivity contribution in [2.24, 2.45) is 5.92 Å². The Morgan fingerprint density at radius 3 is 2.93 bits per heavy atom. The van der Waals surface area contributed by atoms with Crippen molar-refractivity contribution in [2.45, 2.75) is 51.7 Å². The molecule has 0 spiro atoms. The van der Waals surface area contributed by atoms with Crippen LogP contribution in [-0.2, 0) is 4.74 Å². The molecule has 4 aromatic rings. The molecule has 2 atom stereocenters. The van der Waals surface area contributed by atoms with Crippen molar-refractivity contribution in [1.29, 1.82) is 0 Å². The zero-order valence-corrected chi connectivity index (χ0v) is 17.2. The monoisotopic (exact) mass is 403 g/mol. The van der Waals surface area contributed by atoms with Gasteiger partial charge in [-0.3, -0.25) is 0 Å². The summed E-state index contributed by atoms with van der Waals surface area (Å²) in [7, 11) is 0. The molecule has 0 aromatic carbocycles. The van der Waals surface area contributed by atoms with E-state index in [2.05, 4.69) is 33.0 Å². The minimum atomic E-state index is 0.326. The van der Waals surface area contributed by atoms with E-state index in [1.807, 2.05) is 29.9 Å². The summed E-state index contributed by atoms with van der Waals surface area (Å²) in [6.45, 7) is 4.89. The lowest BCUT2D eigenvalue weighted by atomic mass is 10.0. The average Bonchev–Trinajstić information content (AvgIpc) is 3.43. The fraction of sp³-hybridized carbons (Fsp3) is 0.455. The molecule has 1 N–H and O–H groups in total. The lowest BCUT2D eigenvalue weighted by molar-refractivity contribution is -0.0194. The molecule has 154 valence electrons. The lowest BCUT2D eigenvalue weighted by Crippen LogP contribution is -2.29. The number of imidazole rings is 1. The van der Waals surface area contributed by atoms with Crippen molar-refractivity contribution in [3.05, 3.63) is 42.1 Å². The van der Waals surface area contributed by atoms with E-state index in [1.54, 1.807) is 6.20 Å². The Morgan fingerprint density at radius 1 is 1.17 bits per heavy atom. The maximum Gasteiger partial charge on any atom is 0.229 e. The number of pyridine rings is 1. The molecule has 1 aliphatic carbocycles. The Bertz CT molecular complexity index is 1240. The summed E-state index contributed by atoms with van der Waals surface area (Å²) in [6, 6.07) is 2.38. The number of aryl methyl sites for hydroxylation is 2. The van der Waals surface area contributed by atoms with Gasteiger partial charge in [-0.2, -0.15) is 10.1 Å². The maximum atomic E-state index is 6.02. The van der Waals surface area contributed by atoms with E-state index >= 15 is 0 Å². The van der Waals surface area contributed by atoms with Crippen LogP contribution in [0.5, 0.6) is 0 Å². The fourth-order valence-corrected chi connectivity index (χ4v) is 4.52. The standard InChI is InChI=1S/C22H25N7O/c1-13-9-20-23-6-7-28(20)12-18(13)25-22-24-11-17-14(2)27-29(21(17)26-22)16-5-8-30-19(10-16)15-3-4-15/h6-7,9,11-12,15-16,19H,3-5,8,10H2,1-2H3,(H,24,25,26). The largest absolute Gasteiger partial charge is 0.378 e. The molecule has 0 amide bonds. The van der Waals surface area contributed by atoms with Crippen LogP contribution in [0, 0.1) is 19.8 Å². The quantitative estimate of drug-likeness (QED) is 0.555. The molecule has 8 nitrogen and oxygen atoms in total. The van der Waals surface area contributed by atoms with Crippen molar-refractivity contribution in [3.8, 4) is 0 Å². The summed E-state index contributed by atoms with van der Waals surface area (Å²) in [5.74, 6) is 1.32. The number of rotatable bonds is 4. The number of ether oxygens (including phenoxy) is 1. The minimum Gasteiger partial charge on any atom is -0.378 e. The molecule has 1 saturated carbocycles. The van der Waals surface area contributed by atoms with Gasteiger partial charge in [-0.25, -0.2) is 14.6 Å². The van der Waals surface area contributed by atoms with Gasteiger partial charge in [-0.15, -0.1) is 0 Å². The van der Waals surface area contributed by atoms with Crippen LogP contribution in [-0.4, -0.2) is 41.8 Å². The average molecular weight is 403 g/mol. The first kappa shape index (κ1) is 17.8. The SMILES string of the molecule is Cc1cc2nccn2cc1Nc1ncc2c(C)nn(C3CCOC(C4CC4)C3)c2n1. The zero-order chi connectivity index (χ0) is 20.2. The van der Waals surface area contributed by atoms with Crippen LogP contribution in [0.1, 0.15) is 43.0 Å². The van der Waals surface area contributed by atoms with E-state index < -0.39 is 0 Å². The molecule has 0 bridgehead atoms. The molecule has 2 unspecified atom stereocenters. The van der Waals surface area contributed by atoms with Crippen LogP contribution in [0.3, 0.4) is 0 Å². The molecule has 8 heteroatoms. The molecule has 4 aromatic heterocycles. The first-order valence-corrected chi connectivity index (χ1v) is 10.7. The summed E-state index contributed by atoms with van der Waals surface area (Å²) < 4.78 is 10.1. The van der Waals surface area contributed by atoms with Gasteiger partial charge in [-0.05, 0) is 57.1 Å². The minimum absolute atomic E-state index is 0.326. The Balaban J connectivity index is 1.35. The van der Waals surface area contributed by atoms with Gasteiger partial charge in [0.2, 0.25) is 5.95 Å². The van der Waals surface area contributed by atoms with E-state index in [0.717, 1.165) is 59.0 Å². The lowest BCUT2D eigenvalue weighted by Gasteiger charge is -2.30. The smallest absolute Gasteiger partial charge is 0.229 e. The molecule has 6 rings (SSSR count). The van der Waals surface area contributed by atoms with E-state index in [0.29, 0.717) is 18.1 Å². The summed E-state index contributed by atoms with van der Waals surface area (Å²) in [6.07, 6.45) is 12.6. The molecule has 2 aliphatic rings. The highest BCUT2D eigenvalue weighted by atomic mass is 16.5. The Morgan fingerprint density at radius 2 is 2.07 bits per heavy atom. The van der Waals surface area contributed by atoms with Crippen LogP contribution < -0.4 is 5.32 Å². The number of anilines is 2. The topological polar surface area (TPSA) is 82.2 Å². The zero-order valence-electron chi connectivity index (χ0n) is 17.2. The van der Waals surface area contributed by atoms with Crippen molar-refractivity contribution >= 4 is 28.3 Å². The van der Waals surface area contributed by atoms with Gasteiger partial charge in [0.05, 0.1) is 28.9 Å². The second-order valence-electron chi connectivity index (χ2n) is 8.57. The third-order valence-corrected chi connectivity index (χ3v) is 6.40. The number of nitrogens with zero attached hydrogens (tertiary/aromatic N) is 6. The molecular formula is C22H25N7O. The van der Waals surface area contributed by atoms with Crippen molar-refractivity contribution < 1.29 is 4.74 Å². The number of fused-ring (bicyclic) bond motifs is 2. The third kappa shape index (κ3) is 3.02. The molecule has 5 heterocycles. The molecule has 1 aliphatic heterocycles. The second kappa shape index (κ2) is 6.77. The van der Waals surface area contributed by atoms with Crippen LogP contribution in [0.4, 0.5) is 11.6 Å². The normalized spacial score (nSPS) is 22.1. The second-order valence-corrected chi connectivity index (χ2v) is 8.57. The highest BCUT2D eigenvalue weighted by Crippen LogP contribution is 2.41. The molecule has 0 radical (unpaired) electrons. The van der Waals surface area contributed by atoms with Gasteiger partial charge < -0.3 is 14.5 Å². The van der Waals surface area contributed by atoms with E-state index in [9.17, 15) is 0 Å². The number of nitrogens with one attached hydrogen (secondary N) is 1. The molecule has 2 fully saturated rings. The van der Waals surface area contributed by atoms with E-state index in [1.165, 1.54) is 12.8 Å². The first-order chi connectivity index (χ1) is 14.7. The van der Waals surface area contributed by atoms with Crippen molar-refractivity contribution in [1.82, 2.24) is 29.1 Å². The predicted octanol–water partition coefficient (Wildman–Crippen LogP) is 3.96. The van der Waals surface area contributed by atoms with Gasteiger partial charge in [-0.1, -0.05) is 0 Å². The fourth-order valence-electron chi connectivity index (χ4n) is 4.52. The van der Waals surface area contributed by atoms with Crippen LogP contribution in [0.15, 0.2) is 30.9 Å². The van der Waals surface area contributed by atoms with Gasteiger partial charge in [0, 0.05) is 31.4 Å². The number of hydrogen-bond donors (Lipinski definition) is 1. The third-order valence-electron chi connectivity index (χ3n) is 6.40. The maximum absolute atomic E-state index is 6.02.